The zero-order chi connectivity index (χ0) is 15.8. The minimum absolute atomic E-state index is 0.0389. The van der Waals surface area contributed by atoms with E-state index in [4.69, 9.17) is 10.8 Å². The molecule has 1 aromatic carbocycles. The Kier molecular flexibility index (Phi) is 6.19. The summed E-state index contributed by atoms with van der Waals surface area (Å²) in [6.07, 6.45) is -0.141. The molecule has 1 atom stereocenters. The monoisotopic (exact) mass is 293 g/mol. The molecule has 0 aliphatic carbocycles. The lowest BCUT2D eigenvalue weighted by atomic mass is 10.1. The van der Waals surface area contributed by atoms with E-state index in [2.05, 4.69) is 5.32 Å². The number of benzene rings is 1. The van der Waals surface area contributed by atoms with Crippen molar-refractivity contribution in [1.29, 1.82) is 0 Å². The highest BCUT2D eigenvalue weighted by Gasteiger charge is 2.23. The van der Waals surface area contributed by atoms with Crippen molar-refractivity contribution in [3.05, 3.63) is 30.3 Å². The molecule has 21 heavy (non-hydrogen) atoms. The van der Waals surface area contributed by atoms with Gasteiger partial charge in [0.15, 0.2) is 0 Å². The minimum Gasteiger partial charge on any atom is -0.480 e. The zero-order valence-corrected chi connectivity index (χ0v) is 11.8. The predicted molar refractivity (Wildman–Crippen MR) is 77.8 cm³/mol. The number of aliphatic carboxylic acids is 1. The normalized spacial score (nSPS) is 11.5. The molecule has 0 fully saturated rings. The second-order valence-electron chi connectivity index (χ2n) is 4.43. The first-order chi connectivity index (χ1) is 9.95. The Morgan fingerprint density at radius 2 is 1.90 bits per heavy atom. The molecule has 1 rings (SSSR count). The first-order valence-corrected chi connectivity index (χ1v) is 6.60. The van der Waals surface area contributed by atoms with Gasteiger partial charge in [0.25, 0.3) is 0 Å². The van der Waals surface area contributed by atoms with Crippen LogP contribution in [0.1, 0.15) is 19.8 Å². The lowest BCUT2D eigenvalue weighted by Crippen LogP contribution is -2.48. The quantitative estimate of drug-likeness (QED) is 0.694. The van der Waals surface area contributed by atoms with Crippen LogP contribution in [0.3, 0.4) is 0 Å². The molecule has 3 amide bonds. The summed E-state index contributed by atoms with van der Waals surface area (Å²) in [7, 11) is 0. The molecule has 0 radical (unpaired) electrons. The van der Waals surface area contributed by atoms with Crippen molar-refractivity contribution in [1.82, 2.24) is 5.32 Å². The molecule has 0 unspecified atom stereocenters. The SMILES string of the molecule is CCN(C(=O)N[C@H](CCC(N)=O)C(=O)O)c1ccccc1. The maximum atomic E-state index is 12.2. The largest absolute Gasteiger partial charge is 0.480 e. The van der Waals surface area contributed by atoms with Crippen molar-refractivity contribution < 1.29 is 19.5 Å². The fraction of sp³-hybridized carbons (Fsp3) is 0.357. The molecule has 0 spiro atoms. The molecule has 0 aliphatic rings. The summed E-state index contributed by atoms with van der Waals surface area (Å²) in [4.78, 5) is 35.4. The highest BCUT2D eigenvalue weighted by Crippen LogP contribution is 2.13. The Morgan fingerprint density at radius 3 is 2.38 bits per heavy atom. The van der Waals surface area contributed by atoms with Gasteiger partial charge in [0.1, 0.15) is 6.04 Å². The Bertz CT molecular complexity index is 504. The second-order valence-corrected chi connectivity index (χ2v) is 4.43. The van der Waals surface area contributed by atoms with Crippen LogP contribution in [0.25, 0.3) is 0 Å². The summed E-state index contributed by atoms with van der Waals surface area (Å²) in [5.74, 6) is -1.81. The van der Waals surface area contributed by atoms with Gasteiger partial charge in [-0.25, -0.2) is 9.59 Å². The smallest absolute Gasteiger partial charge is 0.326 e. The van der Waals surface area contributed by atoms with Gasteiger partial charge in [-0.05, 0) is 25.5 Å². The van der Waals surface area contributed by atoms with E-state index in [0.717, 1.165) is 0 Å². The van der Waals surface area contributed by atoms with Gasteiger partial charge in [0.2, 0.25) is 5.91 Å². The highest BCUT2D eigenvalue weighted by molar-refractivity contribution is 5.94. The van der Waals surface area contributed by atoms with Gasteiger partial charge in [-0.2, -0.15) is 0 Å². The van der Waals surface area contributed by atoms with Crippen molar-refractivity contribution in [3.63, 3.8) is 0 Å². The lowest BCUT2D eigenvalue weighted by Gasteiger charge is -2.24. The second kappa shape index (κ2) is 7.88. The van der Waals surface area contributed by atoms with Crippen molar-refractivity contribution in [2.24, 2.45) is 5.73 Å². The van der Waals surface area contributed by atoms with Crippen LogP contribution in [-0.4, -0.2) is 35.6 Å². The number of carbonyl (C=O) groups excluding carboxylic acids is 2. The van der Waals surface area contributed by atoms with E-state index in [0.29, 0.717) is 12.2 Å². The topological polar surface area (TPSA) is 113 Å². The van der Waals surface area contributed by atoms with Gasteiger partial charge in [-0.15, -0.1) is 0 Å². The number of carbonyl (C=O) groups is 3. The lowest BCUT2D eigenvalue weighted by molar-refractivity contribution is -0.139. The van der Waals surface area contributed by atoms with E-state index < -0.39 is 23.9 Å². The average molecular weight is 293 g/mol. The van der Waals surface area contributed by atoms with Gasteiger partial charge in [0.05, 0.1) is 0 Å². The van der Waals surface area contributed by atoms with Gasteiger partial charge in [-0.1, -0.05) is 18.2 Å². The maximum Gasteiger partial charge on any atom is 0.326 e. The van der Waals surface area contributed by atoms with Crippen LogP contribution in [-0.2, 0) is 9.59 Å². The third-order valence-electron chi connectivity index (χ3n) is 2.90. The van der Waals surface area contributed by atoms with E-state index in [1.165, 1.54) is 4.90 Å². The number of anilines is 1. The summed E-state index contributed by atoms with van der Waals surface area (Å²) in [6, 6.07) is 7.22. The molecular weight excluding hydrogens is 274 g/mol. The van der Waals surface area contributed by atoms with E-state index in [1.54, 1.807) is 31.2 Å². The number of nitrogens with two attached hydrogens (primary N) is 1. The van der Waals surface area contributed by atoms with Crippen molar-refractivity contribution in [2.75, 3.05) is 11.4 Å². The molecule has 114 valence electrons. The number of hydrogen-bond acceptors (Lipinski definition) is 3. The van der Waals surface area contributed by atoms with Crippen LogP contribution >= 0.6 is 0 Å². The molecule has 0 aromatic heterocycles. The molecule has 7 heteroatoms. The summed E-state index contributed by atoms with van der Waals surface area (Å²) < 4.78 is 0. The zero-order valence-electron chi connectivity index (χ0n) is 11.8. The number of hydrogen-bond donors (Lipinski definition) is 3. The molecule has 0 aliphatic heterocycles. The summed E-state index contributed by atoms with van der Waals surface area (Å²) >= 11 is 0. The first-order valence-electron chi connectivity index (χ1n) is 6.60. The van der Waals surface area contributed by atoms with E-state index >= 15 is 0 Å². The van der Waals surface area contributed by atoms with Crippen LogP contribution in [0, 0.1) is 0 Å². The highest BCUT2D eigenvalue weighted by atomic mass is 16.4. The summed E-state index contributed by atoms with van der Waals surface area (Å²) in [6.45, 7) is 2.17. The Hall–Kier alpha value is -2.57. The van der Waals surface area contributed by atoms with Crippen LogP contribution in [0.2, 0.25) is 0 Å². The number of rotatable bonds is 7. The maximum absolute atomic E-state index is 12.2. The Balaban J connectivity index is 2.75. The van der Waals surface area contributed by atoms with Crippen molar-refractivity contribution >= 4 is 23.6 Å². The van der Waals surface area contributed by atoms with Crippen molar-refractivity contribution in [3.8, 4) is 0 Å². The van der Waals surface area contributed by atoms with Gasteiger partial charge < -0.3 is 16.2 Å². The molecule has 0 saturated carbocycles. The Labute approximate surface area is 122 Å². The third kappa shape index (κ3) is 5.13. The molecule has 0 saturated heterocycles. The molecular formula is C14H19N3O4. The van der Waals surface area contributed by atoms with Gasteiger partial charge >= 0.3 is 12.0 Å². The average Bonchev–Trinajstić information content (AvgIpc) is 2.44. The summed E-state index contributed by atoms with van der Waals surface area (Å²) in [5.41, 5.74) is 5.66. The van der Waals surface area contributed by atoms with Crippen LogP contribution < -0.4 is 16.0 Å². The number of para-hydroxylation sites is 1. The predicted octanol–water partition coefficient (Wildman–Crippen LogP) is 0.941. The number of carboxylic acid groups (broad SMARTS) is 1. The van der Waals surface area contributed by atoms with E-state index in [-0.39, 0.29) is 12.8 Å². The van der Waals surface area contributed by atoms with Gasteiger partial charge in [-0.3, -0.25) is 9.69 Å². The number of amides is 3. The van der Waals surface area contributed by atoms with Crippen LogP contribution in [0.15, 0.2) is 30.3 Å². The number of nitrogens with one attached hydrogen (secondary N) is 1. The molecule has 0 heterocycles. The molecule has 7 nitrogen and oxygen atoms in total. The van der Waals surface area contributed by atoms with Gasteiger partial charge in [0, 0.05) is 18.7 Å². The summed E-state index contributed by atoms with van der Waals surface area (Å²) in [5, 5.41) is 11.5. The third-order valence-corrected chi connectivity index (χ3v) is 2.90. The number of primary amides is 1. The van der Waals surface area contributed by atoms with E-state index in [1.807, 2.05) is 6.07 Å². The molecule has 0 bridgehead atoms. The number of nitrogens with zero attached hydrogens (tertiary/aromatic N) is 1. The standard InChI is InChI=1S/C14H19N3O4/c1-2-17(10-6-4-3-5-7-10)14(21)16-11(13(19)20)8-9-12(15)18/h3-7,11H,2,8-9H2,1H3,(H2,15,18)(H,16,21)(H,19,20)/t11-/m1/s1. The van der Waals surface area contributed by atoms with Crippen LogP contribution in [0.5, 0.6) is 0 Å². The molecule has 4 N–H and O–H groups in total. The number of urea groups is 1. The van der Waals surface area contributed by atoms with Crippen molar-refractivity contribution in [2.45, 2.75) is 25.8 Å². The van der Waals surface area contributed by atoms with Crippen LogP contribution in [0.4, 0.5) is 10.5 Å². The molecule has 1 aromatic rings. The fourth-order valence-electron chi connectivity index (χ4n) is 1.82. The Morgan fingerprint density at radius 1 is 1.29 bits per heavy atom. The first kappa shape index (κ1) is 16.5. The van der Waals surface area contributed by atoms with E-state index in [9.17, 15) is 14.4 Å². The minimum atomic E-state index is -1.20. The number of carboxylic acids is 1. The fourth-order valence-corrected chi connectivity index (χ4v) is 1.82.